The van der Waals surface area contributed by atoms with Crippen LogP contribution >= 0.6 is 24.1 Å². The molecule has 15 heteroatoms. The van der Waals surface area contributed by atoms with Gasteiger partial charge >= 0.3 is 59.1 Å². The Bertz CT molecular complexity index is 1130. The largest absolute Gasteiger partial charge is 1.00 e. The van der Waals surface area contributed by atoms with Crippen LogP contribution < -0.4 is 69.6 Å². The first-order valence-corrected chi connectivity index (χ1v) is 12.1. The summed E-state index contributed by atoms with van der Waals surface area (Å²) in [4.78, 5) is -0.160. The first-order chi connectivity index (χ1) is 14.6. The Kier molecular flexibility index (Phi) is 12.8. The maximum Gasteiger partial charge on any atom is 1.00 e. The van der Waals surface area contributed by atoms with Gasteiger partial charge in [0, 0.05) is 47.7 Å². The topological polar surface area (TPSA) is 143 Å². The predicted molar refractivity (Wildman–Crippen MR) is 108 cm³/mol. The van der Waals surface area contributed by atoms with E-state index in [1.54, 1.807) is 6.07 Å². The third-order valence-electron chi connectivity index (χ3n) is 5.40. The van der Waals surface area contributed by atoms with Gasteiger partial charge in [-0.25, -0.2) is 8.42 Å². The maximum absolute atomic E-state index is 11.8. The average molecular weight is 536 g/mol. The minimum Gasteiger partial charge on any atom is -0.744 e. The SMILES string of the molecule is CC1=[N+](CCCSOO[O-])c2ccc3c(SOO[O-])cc(S(=O)(=O)[O-])cc3c2C1(C)C.[Na+].[Na+]. The molecule has 0 atom stereocenters. The monoisotopic (exact) mass is 535 g/mol. The van der Waals surface area contributed by atoms with E-state index < -0.39 is 20.4 Å². The quantitative estimate of drug-likeness (QED) is 0.0554. The number of hydrogen-bond donors (Lipinski definition) is 0. The van der Waals surface area contributed by atoms with Crippen molar-refractivity contribution in [2.24, 2.45) is 0 Å². The molecule has 0 spiro atoms. The van der Waals surface area contributed by atoms with E-state index >= 15 is 0 Å². The van der Waals surface area contributed by atoms with Crippen LogP contribution in [0.4, 0.5) is 5.69 Å². The molecule has 0 radical (unpaired) electrons. The van der Waals surface area contributed by atoms with E-state index in [9.17, 15) is 23.5 Å². The van der Waals surface area contributed by atoms with Crippen LogP contribution in [0, 0.1) is 0 Å². The van der Waals surface area contributed by atoms with Crippen molar-refractivity contribution in [3.05, 3.63) is 29.8 Å². The fraction of sp³-hybridized carbons (Fsp3) is 0.389. The van der Waals surface area contributed by atoms with Crippen LogP contribution in [-0.2, 0) is 34.3 Å². The molecule has 0 unspecified atom stereocenters. The van der Waals surface area contributed by atoms with Crippen molar-refractivity contribution in [3.8, 4) is 0 Å². The van der Waals surface area contributed by atoms with E-state index in [1.165, 1.54) is 6.07 Å². The molecule has 2 aromatic carbocycles. The van der Waals surface area contributed by atoms with Gasteiger partial charge in [-0.05, 0) is 42.8 Å². The molecule has 2 aromatic rings. The van der Waals surface area contributed by atoms with Crippen LogP contribution in [0.1, 0.15) is 32.8 Å². The van der Waals surface area contributed by atoms with Crippen molar-refractivity contribution in [1.29, 1.82) is 0 Å². The second-order valence-electron chi connectivity index (χ2n) is 7.32. The van der Waals surface area contributed by atoms with Gasteiger partial charge in [-0.3, -0.25) is 10.1 Å². The molecule has 0 fully saturated rings. The molecule has 0 amide bonds. The second kappa shape index (κ2) is 13.3. The van der Waals surface area contributed by atoms with Crippen LogP contribution in [0.2, 0.25) is 0 Å². The summed E-state index contributed by atoms with van der Waals surface area (Å²) in [6.07, 6.45) is 0.684. The third kappa shape index (κ3) is 6.95. The van der Waals surface area contributed by atoms with Gasteiger partial charge in [0.1, 0.15) is 16.7 Å². The second-order valence-corrected chi connectivity index (χ2v) is 10.2. The van der Waals surface area contributed by atoms with Crippen molar-refractivity contribution < 1.29 is 106 Å². The molecule has 3 rings (SSSR count). The molecular weight excluding hydrogens is 516 g/mol. The minimum atomic E-state index is -4.76. The normalized spacial score (nSPS) is 14.7. The molecule has 0 saturated carbocycles. The Balaban J connectivity index is 0.00000272. The standard InChI is InChI=1S/C18H21NO9S3.2Na/c1-11-18(2,3)17-14-9-12(31(22,23)24)10-16(30-28-26-21)13(14)5-6-15(17)19(11)7-4-8-29-27-25-20;;/h5-6,9-10H,4,7-8H2,1-3H3,(H2-,20,21,22,23,24);;/q;2*+1/p-2. The molecule has 1 heterocycles. The van der Waals surface area contributed by atoms with E-state index in [4.69, 9.17) is 0 Å². The first kappa shape index (κ1) is 31.8. The van der Waals surface area contributed by atoms with E-state index in [0.717, 1.165) is 35.1 Å². The molecular formula is C18H19NNa2O9S3. The van der Waals surface area contributed by atoms with Crippen molar-refractivity contribution in [3.63, 3.8) is 0 Å². The molecule has 1 aliphatic rings. The van der Waals surface area contributed by atoms with E-state index in [-0.39, 0.29) is 64.0 Å². The molecule has 10 nitrogen and oxygen atoms in total. The molecule has 0 saturated heterocycles. The summed E-state index contributed by atoms with van der Waals surface area (Å²) in [5.41, 5.74) is 2.28. The van der Waals surface area contributed by atoms with Crippen LogP contribution in [0.3, 0.4) is 0 Å². The Morgan fingerprint density at radius 1 is 1.06 bits per heavy atom. The summed E-state index contributed by atoms with van der Waals surface area (Å²) >= 11 is 1.45. The van der Waals surface area contributed by atoms with Gasteiger partial charge in [0.15, 0.2) is 5.71 Å². The average Bonchev–Trinajstić information content (AvgIpc) is 2.91. The summed E-state index contributed by atoms with van der Waals surface area (Å²) in [6, 6.07) is 6.18. The van der Waals surface area contributed by atoms with Gasteiger partial charge in [-0.2, -0.15) is 13.2 Å². The van der Waals surface area contributed by atoms with Gasteiger partial charge in [0.2, 0.25) is 5.69 Å². The predicted octanol–water partition coefficient (Wildman–Crippen LogP) is -4.36. The summed E-state index contributed by atoms with van der Waals surface area (Å²) in [5, 5.41) is 28.1. The Morgan fingerprint density at radius 3 is 2.33 bits per heavy atom. The molecule has 1 aliphatic heterocycles. The summed E-state index contributed by atoms with van der Waals surface area (Å²) in [7, 11) is -4.76. The Morgan fingerprint density at radius 2 is 1.73 bits per heavy atom. The third-order valence-corrected chi connectivity index (χ3v) is 7.46. The number of fused-ring (bicyclic) bond motifs is 3. The first-order valence-electron chi connectivity index (χ1n) is 9.03. The Labute approximate surface area is 244 Å². The molecule has 170 valence electrons. The number of rotatable bonds is 10. The summed E-state index contributed by atoms with van der Waals surface area (Å²) in [6.45, 7) is 6.62. The molecule has 33 heavy (non-hydrogen) atoms. The zero-order valence-electron chi connectivity index (χ0n) is 18.8. The van der Waals surface area contributed by atoms with Crippen molar-refractivity contribution in [1.82, 2.24) is 0 Å². The van der Waals surface area contributed by atoms with Crippen LogP contribution in [0.25, 0.3) is 10.8 Å². The molecule has 0 bridgehead atoms. The van der Waals surface area contributed by atoms with Crippen LogP contribution in [0.15, 0.2) is 34.1 Å². The van der Waals surface area contributed by atoms with Gasteiger partial charge in [-0.15, -0.1) is 0 Å². The van der Waals surface area contributed by atoms with Crippen LogP contribution in [-0.4, -0.2) is 35.6 Å². The van der Waals surface area contributed by atoms with Gasteiger partial charge in [0.05, 0.1) is 22.4 Å². The summed E-state index contributed by atoms with van der Waals surface area (Å²) in [5.74, 6) is 0.529. The van der Waals surface area contributed by atoms with Gasteiger partial charge in [0.25, 0.3) is 0 Å². The number of benzene rings is 2. The fourth-order valence-corrected chi connectivity index (χ4v) is 5.33. The number of hydrogen-bond acceptors (Lipinski definition) is 11. The minimum absolute atomic E-state index is 0. The molecule has 0 aromatic heterocycles. The summed E-state index contributed by atoms with van der Waals surface area (Å²) < 4.78 is 46.1. The smallest absolute Gasteiger partial charge is 0.744 e. The fourth-order valence-electron chi connectivity index (χ4n) is 3.83. The molecule has 0 N–H and O–H groups in total. The van der Waals surface area contributed by atoms with Gasteiger partial charge in [-0.1, -0.05) is 0 Å². The van der Waals surface area contributed by atoms with Crippen molar-refractivity contribution >= 4 is 56.4 Å². The number of nitrogens with zero attached hydrogens (tertiary/aromatic N) is 1. The zero-order chi connectivity index (χ0) is 22.8. The van der Waals surface area contributed by atoms with Crippen molar-refractivity contribution in [2.75, 3.05) is 12.3 Å². The van der Waals surface area contributed by atoms with E-state index in [2.05, 4.69) is 23.3 Å². The zero-order valence-corrected chi connectivity index (χ0v) is 25.2. The van der Waals surface area contributed by atoms with Crippen molar-refractivity contribution in [2.45, 2.75) is 42.4 Å². The maximum atomic E-state index is 11.8. The van der Waals surface area contributed by atoms with E-state index in [0.29, 0.717) is 41.5 Å². The van der Waals surface area contributed by atoms with Gasteiger partial charge < -0.3 is 15.1 Å². The van der Waals surface area contributed by atoms with E-state index in [1.807, 2.05) is 26.8 Å². The molecule has 0 aliphatic carbocycles. The van der Waals surface area contributed by atoms with Crippen LogP contribution in [0.5, 0.6) is 0 Å². The Hall–Kier alpha value is 0.740.